The van der Waals surface area contributed by atoms with Crippen LogP contribution in [0.2, 0.25) is 0 Å². The van der Waals surface area contributed by atoms with Crippen LogP contribution in [0.4, 0.5) is 0 Å². The molecule has 0 aliphatic carbocycles. The molecule has 0 fully saturated rings. The van der Waals surface area contributed by atoms with Crippen molar-refractivity contribution < 1.29 is 5.11 Å². The summed E-state index contributed by atoms with van der Waals surface area (Å²) in [4.78, 5) is 5.53. The van der Waals surface area contributed by atoms with E-state index >= 15 is 0 Å². The zero-order valence-electron chi connectivity index (χ0n) is 8.79. The van der Waals surface area contributed by atoms with Crippen molar-refractivity contribution in [3.05, 3.63) is 16.1 Å². The topological polar surface area (TPSA) is 45.1 Å². The van der Waals surface area contributed by atoms with E-state index < -0.39 is 0 Å². The summed E-state index contributed by atoms with van der Waals surface area (Å²) in [6, 6.07) is 0.239. The van der Waals surface area contributed by atoms with Crippen molar-refractivity contribution in [2.45, 2.75) is 32.7 Å². The Morgan fingerprint density at radius 2 is 2.43 bits per heavy atom. The van der Waals surface area contributed by atoms with Crippen molar-refractivity contribution in [1.29, 1.82) is 0 Å². The molecule has 0 saturated heterocycles. The van der Waals surface area contributed by atoms with Gasteiger partial charge in [0.15, 0.2) is 0 Å². The highest BCUT2D eigenvalue weighted by Gasteiger charge is 2.04. The van der Waals surface area contributed by atoms with Crippen LogP contribution < -0.4 is 5.32 Å². The lowest BCUT2D eigenvalue weighted by Crippen LogP contribution is -2.33. The Kier molecular flexibility index (Phi) is 5.07. The van der Waals surface area contributed by atoms with Crippen molar-refractivity contribution >= 4 is 11.3 Å². The standard InChI is InChI=1S/C10H18N2OS/c1-3-9(6-13)11-5-4-10-8(2)12-7-14-10/h7,9,11,13H,3-6H2,1-2H3. The van der Waals surface area contributed by atoms with Crippen LogP contribution in [0.5, 0.6) is 0 Å². The first kappa shape index (κ1) is 11.6. The van der Waals surface area contributed by atoms with E-state index in [-0.39, 0.29) is 12.6 Å². The molecule has 4 heteroatoms. The summed E-state index contributed by atoms with van der Waals surface area (Å²) in [7, 11) is 0. The van der Waals surface area contributed by atoms with Gasteiger partial charge in [0, 0.05) is 17.5 Å². The Bertz CT molecular complexity index is 258. The molecule has 1 rings (SSSR count). The molecule has 0 aliphatic heterocycles. The predicted molar refractivity (Wildman–Crippen MR) is 59.7 cm³/mol. The minimum atomic E-state index is 0.220. The van der Waals surface area contributed by atoms with E-state index in [1.54, 1.807) is 11.3 Å². The molecule has 2 N–H and O–H groups in total. The molecule has 0 bridgehead atoms. The number of aryl methyl sites for hydroxylation is 1. The number of hydrogen-bond acceptors (Lipinski definition) is 4. The first-order valence-electron chi connectivity index (χ1n) is 5.01. The minimum Gasteiger partial charge on any atom is -0.395 e. The molecule has 1 heterocycles. The third kappa shape index (κ3) is 3.36. The number of hydrogen-bond donors (Lipinski definition) is 2. The monoisotopic (exact) mass is 214 g/mol. The maximum atomic E-state index is 8.97. The highest BCUT2D eigenvalue weighted by molar-refractivity contribution is 7.09. The van der Waals surface area contributed by atoms with E-state index in [0.717, 1.165) is 25.1 Å². The van der Waals surface area contributed by atoms with Crippen LogP contribution in [-0.2, 0) is 6.42 Å². The van der Waals surface area contributed by atoms with E-state index in [1.165, 1.54) is 4.88 Å². The Hall–Kier alpha value is -0.450. The van der Waals surface area contributed by atoms with Crippen LogP contribution in [0, 0.1) is 6.92 Å². The van der Waals surface area contributed by atoms with Crippen molar-refractivity contribution in [2.75, 3.05) is 13.2 Å². The van der Waals surface area contributed by atoms with Gasteiger partial charge in [-0.25, -0.2) is 4.98 Å². The molecule has 0 radical (unpaired) electrons. The molecule has 0 amide bonds. The lowest BCUT2D eigenvalue weighted by atomic mass is 10.2. The second kappa shape index (κ2) is 6.11. The third-order valence-electron chi connectivity index (χ3n) is 2.34. The molecule has 3 nitrogen and oxygen atoms in total. The highest BCUT2D eigenvalue weighted by Crippen LogP contribution is 2.11. The fourth-order valence-electron chi connectivity index (χ4n) is 1.29. The van der Waals surface area contributed by atoms with Gasteiger partial charge in [-0.1, -0.05) is 6.92 Å². The molecule has 0 aliphatic rings. The molecule has 0 saturated carbocycles. The average molecular weight is 214 g/mol. The van der Waals surface area contributed by atoms with E-state index in [1.807, 2.05) is 12.4 Å². The van der Waals surface area contributed by atoms with Crippen LogP contribution in [0.15, 0.2) is 5.51 Å². The van der Waals surface area contributed by atoms with E-state index in [4.69, 9.17) is 5.11 Å². The Labute approximate surface area is 89.2 Å². The van der Waals surface area contributed by atoms with Gasteiger partial charge in [-0.15, -0.1) is 11.3 Å². The third-order valence-corrected chi connectivity index (χ3v) is 3.34. The van der Waals surface area contributed by atoms with Crippen LogP contribution >= 0.6 is 11.3 Å². The summed E-state index contributed by atoms with van der Waals surface area (Å²) in [5, 5.41) is 12.3. The van der Waals surface area contributed by atoms with Crippen LogP contribution in [0.3, 0.4) is 0 Å². The van der Waals surface area contributed by atoms with E-state index in [2.05, 4.69) is 17.2 Å². The average Bonchev–Trinajstić information content (AvgIpc) is 2.59. The summed E-state index contributed by atoms with van der Waals surface area (Å²) in [5.41, 5.74) is 3.02. The molecule has 0 aromatic carbocycles. The number of nitrogens with one attached hydrogen (secondary N) is 1. The number of aromatic nitrogens is 1. The zero-order valence-corrected chi connectivity index (χ0v) is 9.60. The number of rotatable bonds is 6. The van der Waals surface area contributed by atoms with Gasteiger partial charge < -0.3 is 10.4 Å². The summed E-state index contributed by atoms with van der Waals surface area (Å²) >= 11 is 1.70. The largest absolute Gasteiger partial charge is 0.395 e. The fraction of sp³-hybridized carbons (Fsp3) is 0.700. The fourth-order valence-corrected chi connectivity index (χ4v) is 2.08. The summed E-state index contributed by atoms with van der Waals surface area (Å²) in [5.74, 6) is 0. The summed E-state index contributed by atoms with van der Waals surface area (Å²) in [6.45, 7) is 5.25. The Balaban J connectivity index is 2.24. The van der Waals surface area contributed by atoms with Crippen molar-refractivity contribution in [3.63, 3.8) is 0 Å². The maximum Gasteiger partial charge on any atom is 0.0797 e. The van der Waals surface area contributed by atoms with Crippen molar-refractivity contribution in [2.24, 2.45) is 0 Å². The lowest BCUT2D eigenvalue weighted by molar-refractivity contribution is 0.240. The molecular weight excluding hydrogens is 196 g/mol. The molecule has 14 heavy (non-hydrogen) atoms. The van der Waals surface area contributed by atoms with Gasteiger partial charge in [-0.3, -0.25) is 0 Å². The second-order valence-electron chi connectivity index (χ2n) is 3.35. The van der Waals surface area contributed by atoms with Crippen LogP contribution in [0.25, 0.3) is 0 Å². The van der Waals surface area contributed by atoms with Gasteiger partial charge in [0.2, 0.25) is 0 Å². The summed E-state index contributed by atoms with van der Waals surface area (Å²) in [6.07, 6.45) is 1.98. The first-order valence-corrected chi connectivity index (χ1v) is 5.89. The van der Waals surface area contributed by atoms with Gasteiger partial charge in [0.05, 0.1) is 17.8 Å². The predicted octanol–water partition coefficient (Wildman–Crippen LogP) is 1.35. The van der Waals surface area contributed by atoms with Crippen LogP contribution in [0.1, 0.15) is 23.9 Å². The molecule has 0 spiro atoms. The number of aliphatic hydroxyl groups excluding tert-OH is 1. The SMILES string of the molecule is CCC(CO)NCCc1scnc1C. The second-order valence-corrected chi connectivity index (χ2v) is 4.29. The molecular formula is C10H18N2OS. The molecule has 80 valence electrons. The molecule has 1 aromatic rings. The van der Waals surface area contributed by atoms with Gasteiger partial charge in [0.1, 0.15) is 0 Å². The molecule has 1 aromatic heterocycles. The molecule has 1 unspecified atom stereocenters. The normalized spacial score (nSPS) is 13.1. The molecule has 1 atom stereocenters. The van der Waals surface area contributed by atoms with Crippen molar-refractivity contribution in [3.8, 4) is 0 Å². The number of thiazole rings is 1. The highest BCUT2D eigenvalue weighted by atomic mass is 32.1. The van der Waals surface area contributed by atoms with Gasteiger partial charge in [0.25, 0.3) is 0 Å². The quantitative estimate of drug-likeness (QED) is 0.751. The number of aliphatic hydroxyl groups is 1. The number of nitrogens with zero attached hydrogens (tertiary/aromatic N) is 1. The Morgan fingerprint density at radius 3 is 2.93 bits per heavy atom. The summed E-state index contributed by atoms with van der Waals surface area (Å²) < 4.78 is 0. The van der Waals surface area contributed by atoms with Crippen LogP contribution in [-0.4, -0.2) is 29.3 Å². The zero-order chi connectivity index (χ0) is 10.4. The van der Waals surface area contributed by atoms with Gasteiger partial charge >= 0.3 is 0 Å². The maximum absolute atomic E-state index is 8.97. The lowest BCUT2D eigenvalue weighted by Gasteiger charge is -2.13. The minimum absolute atomic E-state index is 0.220. The van der Waals surface area contributed by atoms with Gasteiger partial charge in [-0.05, 0) is 19.8 Å². The van der Waals surface area contributed by atoms with E-state index in [9.17, 15) is 0 Å². The van der Waals surface area contributed by atoms with Gasteiger partial charge in [-0.2, -0.15) is 0 Å². The first-order chi connectivity index (χ1) is 6.77. The van der Waals surface area contributed by atoms with Crippen molar-refractivity contribution in [1.82, 2.24) is 10.3 Å². The Morgan fingerprint density at radius 1 is 1.64 bits per heavy atom. The smallest absolute Gasteiger partial charge is 0.0797 e. The van der Waals surface area contributed by atoms with E-state index in [0.29, 0.717) is 0 Å².